The van der Waals surface area contributed by atoms with Crippen molar-refractivity contribution in [2.75, 3.05) is 20.2 Å². The quantitative estimate of drug-likeness (QED) is 0.406. The highest BCUT2D eigenvalue weighted by molar-refractivity contribution is 6.29. The van der Waals surface area contributed by atoms with Crippen LogP contribution in [-0.4, -0.2) is 45.4 Å². The fourth-order valence-electron chi connectivity index (χ4n) is 4.95. The molecule has 1 aliphatic carbocycles. The number of benzene rings is 2. The minimum atomic E-state index is -0.101. The van der Waals surface area contributed by atoms with Crippen LogP contribution in [-0.2, 0) is 11.2 Å². The van der Waals surface area contributed by atoms with E-state index in [0.29, 0.717) is 36.2 Å². The Balaban J connectivity index is 1.34. The van der Waals surface area contributed by atoms with Gasteiger partial charge in [-0.3, -0.25) is 19.1 Å². The molecular formula is C30H24N4O3. The highest BCUT2D eigenvalue weighted by Gasteiger charge is 2.27. The molecule has 0 radical (unpaired) electrons. The van der Waals surface area contributed by atoms with Gasteiger partial charge in [0, 0.05) is 43.7 Å². The van der Waals surface area contributed by atoms with Gasteiger partial charge in [0.2, 0.25) is 0 Å². The lowest BCUT2D eigenvalue weighted by Crippen LogP contribution is -2.27. The van der Waals surface area contributed by atoms with E-state index in [0.717, 1.165) is 33.7 Å². The summed E-state index contributed by atoms with van der Waals surface area (Å²) in [5, 5.41) is 0.576. The van der Waals surface area contributed by atoms with Gasteiger partial charge >= 0.3 is 0 Å². The van der Waals surface area contributed by atoms with Crippen molar-refractivity contribution >= 4 is 22.3 Å². The molecule has 2 aromatic heterocycles. The number of ketones is 1. The number of nitrogens with zero attached hydrogens (tertiary/aromatic N) is 4. The Morgan fingerprint density at radius 1 is 0.946 bits per heavy atom. The molecule has 0 spiro atoms. The summed E-state index contributed by atoms with van der Waals surface area (Å²) in [5.41, 5.74) is 4.95. The van der Waals surface area contributed by atoms with E-state index in [2.05, 4.69) is 16.1 Å². The molecule has 0 saturated heterocycles. The molecule has 4 aromatic rings. The monoisotopic (exact) mass is 488 g/mol. The number of para-hydroxylation sites is 1. The molecule has 0 saturated carbocycles. The third-order valence-electron chi connectivity index (χ3n) is 6.76. The summed E-state index contributed by atoms with van der Waals surface area (Å²) in [6.07, 6.45) is 9.54. The predicted molar refractivity (Wildman–Crippen MR) is 143 cm³/mol. The molecule has 37 heavy (non-hydrogen) atoms. The molecule has 2 aromatic carbocycles. The number of fused-ring (bicyclic) bond motifs is 2. The predicted octanol–water partition coefficient (Wildman–Crippen LogP) is 4.12. The summed E-state index contributed by atoms with van der Waals surface area (Å²) < 4.78 is 6.98. The average molecular weight is 489 g/mol. The normalized spacial score (nSPS) is 14.8. The Hall–Kier alpha value is -4.78. The van der Waals surface area contributed by atoms with Crippen LogP contribution in [0.2, 0.25) is 0 Å². The Kier molecular flexibility index (Phi) is 5.73. The van der Waals surface area contributed by atoms with E-state index in [1.807, 2.05) is 60.7 Å². The van der Waals surface area contributed by atoms with Gasteiger partial charge in [-0.25, -0.2) is 4.98 Å². The van der Waals surface area contributed by atoms with Gasteiger partial charge in [0.1, 0.15) is 11.6 Å². The van der Waals surface area contributed by atoms with Crippen LogP contribution < -0.4 is 10.3 Å². The van der Waals surface area contributed by atoms with Crippen LogP contribution in [0.3, 0.4) is 0 Å². The summed E-state index contributed by atoms with van der Waals surface area (Å²) in [7, 11) is 1.62. The van der Waals surface area contributed by atoms with E-state index in [1.165, 1.54) is 0 Å². The highest BCUT2D eigenvalue weighted by atomic mass is 16.5. The van der Waals surface area contributed by atoms with E-state index in [1.54, 1.807) is 36.2 Å². The zero-order valence-electron chi connectivity index (χ0n) is 20.3. The number of methoxy groups -OCH3 is 1. The Labute approximate surface area is 213 Å². The minimum Gasteiger partial charge on any atom is -0.497 e. The number of pyridine rings is 1. The van der Waals surface area contributed by atoms with Gasteiger partial charge in [-0.05, 0) is 77.4 Å². The van der Waals surface area contributed by atoms with E-state index < -0.39 is 0 Å². The largest absolute Gasteiger partial charge is 0.497 e. The molecule has 6 rings (SSSR count). The van der Waals surface area contributed by atoms with Crippen molar-refractivity contribution in [1.82, 2.24) is 19.4 Å². The molecule has 0 amide bonds. The van der Waals surface area contributed by atoms with E-state index in [-0.39, 0.29) is 11.3 Å². The van der Waals surface area contributed by atoms with Crippen molar-refractivity contribution in [3.63, 3.8) is 0 Å². The third kappa shape index (κ3) is 4.14. The fourth-order valence-corrected chi connectivity index (χ4v) is 4.95. The summed E-state index contributed by atoms with van der Waals surface area (Å²) in [6.45, 7) is 1.25. The van der Waals surface area contributed by atoms with Crippen LogP contribution in [0.4, 0.5) is 0 Å². The second-order valence-electron chi connectivity index (χ2n) is 8.98. The number of rotatable bonds is 6. The Bertz CT molecular complexity index is 1670. The Morgan fingerprint density at radius 3 is 2.51 bits per heavy atom. The zero-order valence-corrected chi connectivity index (χ0v) is 20.3. The third-order valence-corrected chi connectivity index (χ3v) is 6.76. The number of carbonyl (C=O) groups excluding carboxylic acids is 1. The smallest absolute Gasteiger partial charge is 0.265 e. The van der Waals surface area contributed by atoms with E-state index >= 15 is 0 Å². The van der Waals surface area contributed by atoms with Gasteiger partial charge in [-0.15, -0.1) is 0 Å². The van der Waals surface area contributed by atoms with Gasteiger partial charge in [0.15, 0.2) is 5.78 Å². The van der Waals surface area contributed by atoms with Crippen molar-refractivity contribution in [3.8, 4) is 11.4 Å². The summed E-state index contributed by atoms with van der Waals surface area (Å²) >= 11 is 0. The number of ether oxygens (including phenoxy) is 1. The SMILES string of the molecule is COc1ccc(-n2c(CCN3C=C4C=CC(=O)C(c5ccncc5)=C4C3)nc3ccccc3c2=O)cc1. The van der Waals surface area contributed by atoms with Crippen LogP contribution in [0.5, 0.6) is 5.75 Å². The maximum atomic E-state index is 13.5. The van der Waals surface area contributed by atoms with E-state index in [9.17, 15) is 9.59 Å². The molecule has 0 fully saturated rings. The van der Waals surface area contributed by atoms with Gasteiger partial charge in [0.25, 0.3) is 5.56 Å². The van der Waals surface area contributed by atoms with Crippen LogP contribution in [0.25, 0.3) is 22.2 Å². The minimum absolute atomic E-state index is 0.00439. The van der Waals surface area contributed by atoms with Crippen LogP contribution in [0.15, 0.2) is 107 Å². The molecule has 2 aliphatic rings. The summed E-state index contributed by atoms with van der Waals surface area (Å²) in [6, 6.07) is 18.6. The van der Waals surface area contributed by atoms with Gasteiger partial charge in [0.05, 0.1) is 23.7 Å². The molecule has 0 atom stereocenters. The highest BCUT2D eigenvalue weighted by Crippen LogP contribution is 2.34. The molecule has 3 heterocycles. The maximum Gasteiger partial charge on any atom is 0.265 e. The number of aromatic nitrogens is 3. The zero-order chi connectivity index (χ0) is 25.4. The summed E-state index contributed by atoms with van der Waals surface area (Å²) in [5.74, 6) is 1.40. The molecule has 1 aliphatic heterocycles. The molecule has 0 unspecified atom stereocenters. The molecule has 0 bridgehead atoms. The van der Waals surface area contributed by atoms with Crippen LogP contribution >= 0.6 is 0 Å². The second kappa shape index (κ2) is 9.35. The van der Waals surface area contributed by atoms with E-state index in [4.69, 9.17) is 9.72 Å². The average Bonchev–Trinajstić information content (AvgIpc) is 3.35. The lowest BCUT2D eigenvalue weighted by atomic mass is 9.89. The number of hydrogen-bond donors (Lipinski definition) is 0. The second-order valence-corrected chi connectivity index (χ2v) is 8.98. The number of carbonyl (C=O) groups is 1. The van der Waals surface area contributed by atoms with Crippen molar-refractivity contribution in [2.24, 2.45) is 0 Å². The first kappa shape index (κ1) is 22.7. The van der Waals surface area contributed by atoms with Crippen molar-refractivity contribution in [3.05, 3.63) is 124 Å². The molecule has 182 valence electrons. The standard InChI is InChI=1S/C30H24N4O3/c1-37-23-9-7-22(8-10-23)34-28(32-26-5-3-2-4-24(26)30(34)36)14-17-33-18-21-6-11-27(35)29(25(21)19-33)20-12-15-31-16-13-20/h2-13,15-16,18H,14,17,19H2,1H3. The van der Waals surface area contributed by atoms with Crippen molar-refractivity contribution in [1.29, 1.82) is 0 Å². The van der Waals surface area contributed by atoms with Crippen molar-refractivity contribution in [2.45, 2.75) is 6.42 Å². The molecule has 0 N–H and O–H groups in total. The van der Waals surface area contributed by atoms with Crippen LogP contribution in [0, 0.1) is 0 Å². The molecule has 7 heteroatoms. The fraction of sp³-hybridized carbons (Fsp3) is 0.133. The summed E-state index contributed by atoms with van der Waals surface area (Å²) in [4.78, 5) is 37.4. The topological polar surface area (TPSA) is 77.3 Å². The first-order valence-electron chi connectivity index (χ1n) is 12.1. The van der Waals surface area contributed by atoms with Crippen molar-refractivity contribution < 1.29 is 9.53 Å². The first-order chi connectivity index (χ1) is 18.1. The molecular weight excluding hydrogens is 464 g/mol. The molecule has 7 nitrogen and oxygen atoms in total. The number of hydrogen-bond acceptors (Lipinski definition) is 6. The first-order valence-corrected chi connectivity index (χ1v) is 12.1. The van der Waals surface area contributed by atoms with Gasteiger partial charge < -0.3 is 9.64 Å². The lowest BCUT2D eigenvalue weighted by molar-refractivity contribution is -0.109. The van der Waals surface area contributed by atoms with Gasteiger partial charge in [-0.2, -0.15) is 0 Å². The maximum absolute atomic E-state index is 13.5. The van der Waals surface area contributed by atoms with Gasteiger partial charge in [-0.1, -0.05) is 12.1 Å². The number of allylic oxidation sites excluding steroid dienone is 3. The van der Waals surface area contributed by atoms with Crippen LogP contribution in [0.1, 0.15) is 11.4 Å². The Morgan fingerprint density at radius 2 is 1.73 bits per heavy atom. The lowest BCUT2D eigenvalue weighted by Gasteiger charge is -2.19.